The van der Waals surface area contributed by atoms with Crippen molar-refractivity contribution in [2.75, 3.05) is 4.90 Å². The number of rotatable bonds is 8. The van der Waals surface area contributed by atoms with Gasteiger partial charge in [-0.2, -0.15) is 0 Å². The Kier molecular flexibility index (Phi) is 10.3. The van der Waals surface area contributed by atoms with E-state index in [1.165, 1.54) is 131 Å². The van der Waals surface area contributed by atoms with Gasteiger partial charge in [0.15, 0.2) is 8.07 Å². The zero-order chi connectivity index (χ0) is 52.5. The average Bonchev–Trinajstić information content (AvgIpc) is 3.24. The maximum Gasteiger partial charge on any atom is 0.246 e. The second-order valence-electron chi connectivity index (χ2n) is 24.0. The van der Waals surface area contributed by atoms with Crippen LogP contribution < -0.4 is 42.0 Å². The molecule has 2 aromatic heterocycles. The fraction of sp³-hybridized carbons (Fsp3) is 0.133. The van der Waals surface area contributed by atoms with Crippen LogP contribution in [0, 0.1) is 17.8 Å². The third kappa shape index (κ3) is 6.89. The molecule has 0 spiro atoms. The monoisotopic (exact) mass is 1040 g/mol. The molecule has 10 aromatic carbocycles. The van der Waals surface area contributed by atoms with Gasteiger partial charge in [-0.05, 0) is 182 Å². The Hall–Kier alpha value is -8.77. The summed E-state index contributed by atoms with van der Waals surface area (Å²) in [4.78, 5) is 7.76. The van der Waals surface area contributed by atoms with E-state index in [0.717, 1.165) is 40.4 Å². The molecule has 4 fully saturated rings. The standard InChI is InChI=1S/C75H58BN3Si/c1-5-18-53(19-6-1)55-31-34-70-65(41-55)76-66-42-56(54-20-7-2-8-21-54)32-36-72(66)80(61-24-9-3-10-25-61,62-26-11-4-12-27-62)73-44-57(67-29-15-16-37-77-67)43-71(74(73)76)79(70)60-23-17-22-59(46-60)78-68-30-14-13-28-63(68)64-45-58(33-35-69(64)78)75-47-50-38-51(48-75)40-52(39-50)49-75/h1-37,41-46,50-52H,38-40,47-49H2. The molecule has 0 amide bonds. The van der Waals surface area contributed by atoms with Gasteiger partial charge in [0, 0.05) is 45.3 Å². The predicted octanol–water partition coefficient (Wildman–Crippen LogP) is 13.6. The molecule has 0 N–H and O–H groups in total. The van der Waals surface area contributed by atoms with Crippen LogP contribution >= 0.6 is 0 Å². The highest BCUT2D eigenvalue weighted by Crippen LogP contribution is 2.61. The summed E-state index contributed by atoms with van der Waals surface area (Å²) in [5.41, 5.74) is 20.1. The van der Waals surface area contributed by atoms with Crippen molar-refractivity contribution in [3.05, 3.63) is 267 Å². The fourth-order valence-corrected chi connectivity index (χ4v) is 22.2. The summed E-state index contributed by atoms with van der Waals surface area (Å²) >= 11 is 0. The van der Waals surface area contributed by atoms with Crippen LogP contribution in [0.1, 0.15) is 44.1 Å². The number of pyridine rings is 1. The molecule has 0 unspecified atom stereocenters. The predicted molar refractivity (Wildman–Crippen MR) is 338 cm³/mol. The van der Waals surface area contributed by atoms with Gasteiger partial charge in [0.25, 0.3) is 0 Å². The summed E-state index contributed by atoms with van der Waals surface area (Å²) in [6.07, 6.45) is 10.4. The Morgan fingerprint density at radius 3 is 1.69 bits per heavy atom. The van der Waals surface area contributed by atoms with Crippen LogP contribution in [0.5, 0.6) is 0 Å². The summed E-state index contributed by atoms with van der Waals surface area (Å²) in [6.45, 7) is -0.0805. The molecule has 0 saturated heterocycles. The largest absolute Gasteiger partial charge is 0.311 e. The summed E-state index contributed by atoms with van der Waals surface area (Å²) in [5, 5.41) is 8.27. The Balaban J connectivity index is 0.948. The van der Waals surface area contributed by atoms with Crippen molar-refractivity contribution < 1.29 is 0 Å². The summed E-state index contributed by atoms with van der Waals surface area (Å²) in [7, 11) is -3.15. The number of aromatic nitrogens is 2. The first-order valence-electron chi connectivity index (χ1n) is 29.1. The highest BCUT2D eigenvalue weighted by molar-refractivity contribution is 7.26. The van der Waals surface area contributed by atoms with Crippen molar-refractivity contribution in [3.8, 4) is 39.2 Å². The number of benzene rings is 10. The van der Waals surface area contributed by atoms with Gasteiger partial charge >= 0.3 is 0 Å². The lowest BCUT2D eigenvalue weighted by Crippen LogP contribution is -2.87. The van der Waals surface area contributed by atoms with E-state index in [9.17, 15) is 0 Å². The molecular weight excluding hydrogens is 982 g/mol. The van der Waals surface area contributed by atoms with E-state index in [2.05, 4.69) is 258 Å². The van der Waals surface area contributed by atoms with Crippen molar-refractivity contribution in [2.24, 2.45) is 17.8 Å². The zero-order valence-corrected chi connectivity index (χ0v) is 45.7. The Morgan fingerprint density at radius 2 is 1.01 bits per heavy atom. The van der Waals surface area contributed by atoms with E-state index in [0.29, 0.717) is 5.41 Å². The minimum atomic E-state index is -3.15. The van der Waals surface area contributed by atoms with Crippen LogP contribution in [0.15, 0.2) is 261 Å². The third-order valence-corrected chi connectivity index (χ3v) is 24.6. The minimum absolute atomic E-state index is 0.0805. The van der Waals surface area contributed by atoms with Gasteiger partial charge in [0.2, 0.25) is 6.71 Å². The van der Waals surface area contributed by atoms with Crippen LogP contribution in [0.4, 0.5) is 17.1 Å². The lowest BCUT2D eigenvalue weighted by Gasteiger charge is -2.57. The number of fused-ring (bicyclic) bond motifs is 7. The highest BCUT2D eigenvalue weighted by atomic mass is 28.3. The first-order chi connectivity index (χ1) is 39.6. The molecular formula is C75H58BN3Si. The molecule has 18 rings (SSSR count). The van der Waals surface area contributed by atoms with E-state index in [1.54, 1.807) is 5.56 Å². The first kappa shape index (κ1) is 46.2. The van der Waals surface area contributed by atoms with Gasteiger partial charge in [0.1, 0.15) is 0 Å². The normalized spacial score (nSPS) is 19.9. The molecule has 4 aliphatic carbocycles. The molecule has 2 aliphatic heterocycles. The van der Waals surface area contributed by atoms with Crippen molar-refractivity contribution in [1.29, 1.82) is 0 Å². The number of anilines is 3. The number of hydrogen-bond acceptors (Lipinski definition) is 2. The molecule has 0 atom stereocenters. The molecule has 12 aromatic rings. The van der Waals surface area contributed by atoms with E-state index >= 15 is 0 Å². The molecule has 380 valence electrons. The van der Waals surface area contributed by atoms with Crippen molar-refractivity contribution in [1.82, 2.24) is 9.55 Å². The molecule has 5 heteroatoms. The Morgan fingerprint density at radius 1 is 0.412 bits per heavy atom. The van der Waals surface area contributed by atoms with Crippen LogP contribution in [-0.2, 0) is 5.41 Å². The van der Waals surface area contributed by atoms with Gasteiger partial charge in [-0.1, -0.05) is 200 Å². The second-order valence-corrected chi connectivity index (χ2v) is 27.8. The number of para-hydroxylation sites is 1. The number of nitrogens with zero attached hydrogens (tertiary/aromatic N) is 3. The van der Waals surface area contributed by atoms with Crippen LogP contribution in [0.3, 0.4) is 0 Å². The quantitative estimate of drug-likeness (QED) is 0.141. The minimum Gasteiger partial charge on any atom is -0.311 e. The van der Waals surface area contributed by atoms with Crippen LogP contribution in [-0.4, -0.2) is 24.3 Å². The Bertz CT molecular complexity index is 4330. The second kappa shape index (κ2) is 17.9. The molecule has 4 bridgehead atoms. The summed E-state index contributed by atoms with van der Waals surface area (Å²) in [6, 6.07) is 97.4. The first-order valence-corrected chi connectivity index (χ1v) is 31.1. The molecule has 4 saturated carbocycles. The molecule has 0 radical (unpaired) electrons. The summed E-state index contributed by atoms with van der Waals surface area (Å²) < 4.78 is 2.55. The van der Waals surface area contributed by atoms with Gasteiger partial charge in [0.05, 0.1) is 16.7 Å². The average molecular weight is 1040 g/mol. The highest BCUT2D eigenvalue weighted by Gasteiger charge is 2.54. The maximum atomic E-state index is 5.14. The molecule has 80 heavy (non-hydrogen) atoms. The lowest BCUT2D eigenvalue weighted by atomic mass is 9.34. The van der Waals surface area contributed by atoms with Gasteiger partial charge in [-0.15, -0.1) is 0 Å². The zero-order valence-electron chi connectivity index (χ0n) is 44.7. The summed E-state index contributed by atoms with van der Waals surface area (Å²) in [5.74, 6) is 2.69. The third-order valence-electron chi connectivity index (χ3n) is 19.7. The van der Waals surface area contributed by atoms with E-state index < -0.39 is 8.07 Å². The topological polar surface area (TPSA) is 21.1 Å². The van der Waals surface area contributed by atoms with Gasteiger partial charge in [-0.3, -0.25) is 4.98 Å². The van der Waals surface area contributed by atoms with E-state index in [1.807, 2.05) is 12.3 Å². The van der Waals surface area contributed by atoms with Crippen LogP contribution in [0.2, 0.25) is 0 Å². The SMILES string of the molecule is c1ccc(-c2ccc3c(c2)B2c4cc(-c5ccccc5)ccc4[Si](c4ccccc4)(c4ccccc4)c4cc(-c5ccccn5)cc(c42)N3c2cccc(-n3c4ccccc4c4cc(C56CC7CC(CC(C7)C5)C6)ccc43)c2)cc1. The van der Waals surface area contributed by atoms with E-state index in [-0.39, 0.29) is 6.71 Å². The van der Waals surface area contributed by atoms with Gasteiger partial charge in [-0.25, -0.2) is 0 Å². The molecule has 6 aliphatic rings. The lowest BCUT2D eigenvalue weighted by molar-refractivity contribution is -0.00512. The van der Waals surface area contributed by atoms with Gasteiger partial charge < -0.3 is 9.47 Å². The molecule has 3 nitrogen and oxygen atoms in total. The van der Waals surface area contributed by atoms with Crippen LogP contribution in [0.25, 0.3) is 61.0 Å². The fourth-order valence-electron chi connectivity index (χ4n) is 16.9. The van der Waals surface area contributed by atoms with E-state index in [4.69, 9.17) is 4.98 Å². The Labute approximate surface area is 470 Å². The number of hydrogen-bond donors (Lipinski definition) is 0. The van der Waals surface area contributed by atoms with Crippen molar-refractivity contribution in [3.63, 3.8) is 0 Å². The maximum absolute atomic E-state index is 5.14. The van der Waals surface area contributed by atoms with Crippen molar-refractivity contribution >= 4 is 90.8 Å². The van der Waals surface area contributed by atoms with Crippen molar-refractivity contribution in [2.45, 2.75) is 43.9 Å². The molecule has 4 heterocycles. The smallest absolute Gasteiger partial charge is 0.246 e.